The molecule has 0 saturated carbocycles. The molecule has 0 atom stereocenters. The number of thioether (sulfide) groups is 1. The predicted molar refractivity (Wildman–Crippen MR) is 93.2 cm³/mol. The molecule has 0 spiro atoms. The summed E-state index contributed by atoms with van der Waals surface area (Å²) in [5, 5.41) is 12.1. The summed E-state index contributed by atoms with van der Waals surface area (Å²) in [6, 6.07) is 6.63. The summed E-state index contributed by atoms with van der Waals surface area (Å²) in [7, 11) is 0. The fraction of sp³-hybridized carbons (Fsp3) is 0.188. The second-order valence-corrected chi connectivity index (χ2v) is 7.34. The molecule has 1 aliphatic rings. The van der Waals surface area contributed by atoms with E-state index >= 15 is 0 Å². The van der Waals surface area contributed by atoms with Crippen LogP contribution in [-0.2, 0) is 6.61 Å². The highest BCUT2D eigenvalue weighted by atomic mass is 32.2. The number of fused-ring (bicyclic) bond motifs is 1. The van der Waals surface area contributed by atoms with Gasteiger partial charge in [-0.15, -0.1) is 21.5 Å². The van der Waals surface area contributed by atoms with E-state index in [0.717, 1.165) is 12.1 Å². The first-order valence-electron chi connectivity index (χ1n) is 7.64. The molecule has 3 heterocycles. The minimum Gasteiger partial charge on any atom is -0.482 e. The van der Waals surface area contributed by atoms with Gasteiger partial charge in [0.05, 0.1) is 11.4 Å². The highest BCUT2D eigenvalue weighted by molar-refractivity contribution is 7.99. The smallest absolute Gasteiger partial charge is 0.282 e. The number of rotatable bonds is 4. The average molecular weight is 394 g/mol. The van der Waals surface area contributed by atoms with E-state index in [1.165, 1.54) is 29.2 Å². The quantitative estimate of drug-likeness (QED) is 0.681. The Labute approximate surface area is 155 Å². The number of halogens is 2. The van der Waals surface area contributed by atoms with Crippen LogP contribution in [-0.4, -0.2) is 33.1 Å². The van der Waals surface area contributed by atoms with Crippen molar-refractivity contribution in [3.05, 3.63) is 58.0 Å². The molecule has 3 aromatic rings. The summed E-state index contributed by atoms with van der Waals surface area (Å²) in [6.07, 6.45) is 0. The normalized spacial score (nSPS) is 13.5. The van der Waals surface area contributed by atoms with E-state index in [-0.39, 0.29) is 18.3 Å². The van der Waals surface area contributed by atoms with Crippen LogP contribution in [0.4, 0.5) is 8.78 Å². The van der Waals surface area contributed by atoms with Gasteiger partial charge in [0.15, 0.2) is 17.4 Å². The van der Waals surface area contributed by atoms with Crippen molar-refractivity contribution in [3.8, 4) is 5.75 Å². The van der Waals surface area contributed by atoms with Gasteiger partial charge in [-0.1, -0.05) is 17.8 Å². The zero-order chi connectivity index (χ0) is 18.1. The largest absolute Gasteiger partial charge is 0.482 e. The van der Waals surface area contributed by atoms with E-state index < -0.39 is 11.6 Å². The summed E-state index contributed by atoms with van der Waals surface area (Å²) in [5.74, 6) is -0.675. The number of hydrogen-bond donors (Lipinski definition) is 0. The third kappa shape index (κ3) is 3.17. The van der Waals surface area contributed by atoms with Crippen LogP contribution in [0.3, 0.4) is 0 Å². The van der Waals surface area contributed by atoms with Gasteiger partial charge < -0.3 is 4.74 Å². The van der Waals surface area contributed by atoms with Crippen molar-refractivity contribution in [2.75, 3.05) is 17.3 Å². The van der Waals surface area contributed by atoms with Crippen molar-refractivity contribution in [2.45, 2.75) is 11.8 Å². The molecular formula is C16H12F2N4O2S2. The maximum atomic E-state index is 13.7. The van der Waals surface area contributed by atoms with Gasteiger partial charge >= 0.3 is 0 Å². The minimum absolute atomic E-state index is 0.0941. The Morgan fingerprint density at radius 1 is 1.27 bits per heavy atom. The van der Waals surface area contributed by atoms with Crippen molar-refractivity contribution in [3.63, 3.8) is 0 Å². The Bertz CT molecular complexity index is 946. The van der Waals surface area contributed by atoms with Crippen molar-refractivity contribution >= 4 is 29.0 Å². The zero-order valence-corrected chi connectivity index (χ0v) is 14.9. The number of hydrogen-bond acceptors (Lipinski definition) is 6. The Morgan fingerprint density at radius 2 is 2.15 bits per heavy atom. The van der Waals surface area contributed by atoms with E-state index in [9.17, 15) is 13.6 Å². The number of amides is 1. The molecule has 2 aromatic heterocycles. The lowest BCUT2D eigenvalue weighted by atomic mass is 10.3. The van der Waals surface area contributed by atoms with Crippen LogP contribution in [0.25, 0.3) is 0 Å². The summed E-state index contributed by atoms with van der Waals surface area (Å²) < 4.78 is 33.7. The Balaban J connectivity index is 1.59. The zero-order valence-electron chi connectivity index (χ0n) is 13.3. The molecule has 0 unspecified atom stereocenters. The van der Waals surface area contributed by atoms with Crippen molar-refractivity contribution < 1.29 is 18.3 Å². The van der Waals surface area contributed by atoms with Crippen molar-refractivity contribution in [2.24, 2.45) is 0 Å². The molecule has 0 saturated heterocycles. The lowest BCUT2D eigenvalue weighted by Crippen LogP contribution is -2.45. The number of benzene rings is 1. The third-order valence-corrected chi connectivity index (χ3v) is 5.43. The molecule has 1 amide bonds. The summed E-state index contributed by atoms with van der Waals surface area (Å²) in [4.78, 5) is 13.4. The van der Waals surface area contributed by atoms with E-state index in [1.54, 1.807) is 15.8 Å². The number of ether oxygens (including phenoxy) is 1. The molecule has 0 radical (unpaired) electrons. The van der Waals surface area contributed by atoms with Gasteiger partial charge in [-0.2, -0.15) is 0 Å². The molecule has 1 aromatic carbocycles. The number of carbonyl (C=O) groups excluding carboxylic acids is 1. The number of thiophene rings is 1. The Morgan fingerprint density at radius 3 is 2.92 bits per heavy atom. The Kier molecular flexibility index (Phi) is 4.60. The van der Waals surface area contributed by atoms with Gasteiger partial charge in [0.1, 0.15) is 12.4 Å². The standard InChI is InChI=1S/C16H12F2N4O2S2/c17-10-3-4-12(11(18)8-10)24-9-14-19-20-16-22(14)21(5-7-26-16)15(23)13-2-1-6-25-13/h1-4,6,8H,5,7,9H2. The van der Waals surface area contributed by atoms with Crippen molar-refractivity contribution in [1.82, 2.24) is 14.9 Å². The van der Waals surface area contributed by atoms with Gasteiger partial charge in [0.2, 0.25) is 5.16 Å². The van der Waals surface area contributed by atoms with Crippen LogP contribution in [0.1, 0.15) is 15.5 Å². The molecule has 1 aliphatic heterocycles. The molecule has 10 heteroatoms. The third-order valence-electron chi connectivity index (χ3n) is 3.67. The van der Waals surface area contributed by atoms with E-state index in [2.05, 4.69) is 10.2 Å². The second kappa shape index (κ2) is 7.04. The predicted octanol–water partition coefficient (Wildman–Crippen LogP) is 3.08. The fourth-order valence-corrected chi connectivity index (χ4v) is 4.03. The molecule has 0 aliphatic carbocycles. The molecule has 0 fully saturated rings. The molecule has 0 bridgehead atoms. The van der Waals surface area contributed by atoms with Crippen LogP contribution in [0, 0.1) is 11.6 Å². The molecule has 0 N–H and O–H groups in total. The van der Waals surface area contributed by atoms with Crippen LogP contribution >= 0.6 is 23.1 Å². The van der Waals surface area contributed by atoms with Gasteiger partial charge in [-0.25, -0.2) is 18.5 Å². The van der Waals surface area contributed by atoms with Gasteiger partial charge in [0.25, 0.3) is 5.91 Å². The number of aromatic nitrogens is 3. The first kappa shape index (κ1) is 17.0. The lowest BCUT2D eigenvalue weighted by Gasteiger charge is -2.28. The van der Waals surface area contributed by atoms with E-state index in [4.69, 9.17) is 4.74 Å². The average Bonchev–Trinajstić information content (AvgIpc) is 3.30. The summed E-state index contributed by atoms with van der Waals surface area (Å²) >= 11 is 2.83. The Hall–Kier alpha value is -2.46. The molecular weight excluding hydrogens is 382 g/mol. The summed E-state index contributed by atoms with van der Waals surface area (Å²) in [6.45, 7) is 0.384. The maximum Gasteiger partial charge on any atom is 0.282 e. The molecule has 134 valence electrons. The lowest BCUT2D eigenvalue weighted by molar-refractivity contribution is 0.0956. The van der Waals surface area contributed by atoms with Crippen LogP contribution in [0.5, 0.6) is 5.75 Å². The van der Waals surface area contributed by atoms with Crippen LogP contribution in [0.15, 0.2) is 40.9 Å². The van der Waals surface area contributed by atoms with Gasteiger partial charge in [-0.3, -0.25) is 4.79 Å². The van der Waals surface area contributed by atoms with Gasteiger partial charge in [0, 0.05) is 11.8 Å². The van der Waals surface area contributed by atoms with Crippen LogP contribution in [0.2, 0.25) is 0 Å². The highest BCUT2D eigenvalue weighted by Crippen LogP contribution is 2.25. The van der Waals surface area contributed by atoms with Gasteiger partial charge in [-0.05, 0) is 23.6 Å². The van der Waals surface area contributed by atoms with Crippen LogP contribution < -0.4 is 9.75 Å². The fourth-order valence-electron chi connectivity index (χ4n) is 2.50. The minimum atomic E-state index is -0.802. The molecule has 26 heavy (non-hydrogen) atoms. The maximum absolute atomic E-state index is 13.7. The monoisotopic (exact) mass is 394 g/mol. The van der Waals surface area contributed by atoms with E-state index in [1.807, 2.05) is 11.4 Å². The molecule has 6 nitrogen and oxygen atoms in total. The first-order valence-corrected chi connectivity index (χ1v) is 9.50. The number of carbonyl (C=O) groups is 1. The molecule has 4 rings (SSSR count). The SMILES string of the molecule is O=C(c1cccs1)N1CCSc2nnc(COc3ccc(F)cc3F)n21. The number of nitrogens with zero attached hydrogens (tertiary/aromatic N) is 4. The van der Waals surface area contributed by atoms with E-state index in [0.29, 0.717) is 28.2 Å². The topological polar surface area (TPSA) is 60.3 Å². The summed E-state index contributed by atoms with van der Waals surface area (Å²) in [5.41, 5.74) is 0. The van der Waals surface area contributed by atoms with Crippen molar-refractivity contribution in [1.29, 1.82) is 0 Å². The first-order chi connectivity index (χ1) is 12.6. The second-order valence-electron chi connectivity index (χ2n) is 5.33. The highest BCUT2D eigenvalue weighted by Gasteiger charge is 2.28.